The van der Waals surface area contributed by atoms with Gasteiger partial charge in [0, 0.05) is 11.7 Å². The fourth-order valence-corrected chi connectivity index (χ4v) is 2.31. The van der Waals surface area contributed by atoms with Gasteiger partial charge in [-0.2, -0.15) is 0 Å². The van der Waals surface area contributed by atoms with E-state index in [1.807, 2.05) is 0 Å². The Kier molecular flexibility index (Phi) is 4.55. The third kappa shape index (κ3) is 3.95. The van der Waals surface area contributed by atoms with Crippen LogP contribution in [0.15, 0.2) is 42.5 Å². The van der Waals surface area contributed by atoms with E-state index in [0.717, 1.165) is 30.5 Å². The summed E-state index contributed by atoms with van der Waals surface area (Å²) in [7, 11) is 0. The number of halogens is 2. The number of carbonyl (C=O) groups is 2. The SMILES string of the molecule is O=C(Cc1ccc(NC(=O)c2c(F)cccc2F)cc1)NC1CC1. The molecule has 1 aliphatic carbocycles. The first kappa shape index (κ1) is 16.1. The lowest BCUT2D eigenvalue weighted by Gasteiger charge is -2.08. The second-order valence-corrected chi connectivity index (χ2v) is 5.77. The van der Waals surface area contributed by atoms with Crippen molar-refractivity contribution in [2.75, 3.05) is 5.32 Å². The van der Waals surface area contributed by atoms with Crippen LogP contribution < -0.4 is 10.6 Å². The van der Waals surface area contributed by atoms with E-state index in [-0.39, 0.29) is 12.3 Å². The molecule has 1 aliphatic rings. The molecule has 0 atom stereocenters. The first-order valence-electron chi connectivity index (χ1n) is 7.66. The van der Waals surface area contributed by atoms with Gasteiger partial charge in [-0.05, 0) is 42.7 Å². The zero-order chi connectivity index (χ0) is 17.1. The molecule has 0 spiro atoms. The minimum absolute atomic E-state index is 0.0392. The van der Waals surface area contributed by atoms with Crippen LogP contribution in [0.4, 0.5) is 14.5 Å². The molecule has 0 radical (unpaired) electrons. The summed E-state index contributed by atoms with van der Waals surface area (Å²) in [6, 6.07) is 10.1. The number of hydrogen-bond donors (Lipinski definition) is 2. The summed E-state index contributed by atoms with van der Waals surface area (Å²) in [5.41, 5.74) is 0.572. The highest BCUT2D eigenvalue weighted by Gasteiger charge is 2.23. The second kappa shape index (κ2) is 6.78. The Balaban J connectivity index is 1.63. The van der Waals surface area contributed by atoms with Crippen LogP contribution >= 0.6 is 0 Å². The molecule has 0 unspecified atom stereocenters. The minimum Gasteiger partial charge on any atom is -0.353 e. The third-order valence-corrected chi connectivity index (χ3v) is 3.71. The maximum Gasteiger partial charge on any atom is 0.261 e. The highest BCUT2D eigenvalue weighted by atomic mass is 19.1. The molecular weight excluding hydrogens is 314 g/mol. The van der Waals surface area contributed by atoms with E-state index >= 15 is 0 Å². The van der Waals surface area contributed by atoms with Crippen molar-refractivity contribution in [3.63, 3.8) is 0 Å². The lowest BCUT2D eigenvalue weighted by atomic mass is 10.1. The molecule has 2 aromatic rings. The Hall–Kier alpha value is -2.76. The highest BCUT2D eigenvalue weighted by Crippen LogP contribution is 2.19. The van der Waals surface area contributed by atoms with Gasteiger partial charge in [0.05, 0.1) is 6.42 Å². The summed E-state index contributed by atoms with van der Waals surface area (Å²) in [5, 5.41) is 5.33. The Morgan fingerprint density at radius 1 is 1.00 bits per heavy atom. The lowest BCUT2D eigenvalue weighted by molar-refractivity contribution is -0.120. The molecule has 2 N–H and O–H groups in total. The average molecular weight is 330 g/mol. The molecule has 24 heavy (non-hydrogen) atoms. The normalized spacial score (nSPS) is 13.4. The monoisotopic (exact) mass is 330 g/mol. The molecule has 3 rings (SSSR count). The molecule has 2 aromatic carbocycles. The topological polar surface area (TPSA) is 58.2 Å². The lowest BCUT2D eigenvalue weighted by Crippen LogP contribution is -2.26. The van der Waals surface area contributed by atoms with Crippen LogP contribution in [0, 0.1) is 11.6 Å². The summed E-state index contributed by atoms with van der Waals surface area (Å²) < 4.78 is 27.2. The van der Waals surface area contributed by atoms with E-state index in [4.69, 9.17) is 0 Å². The molecule has 4 nitrogen and oxygen atoms in total. The number of amides is 2. The van der Waals surface area contributed by atoms with Crippen LogP contribution in [0.2, 0.25) is 0 Å². The van der Waals surface area contributed by atoms with Crippen molar-refractivity contribution in [3.05, 3.63) is 65.2 Å². The molecule has 124 valence electrons. The molecular formula is C18H16F2N2O2. The Morgan fingerprint density at radius 3 is 2.21 bits per heavy atom. The van der Waals surface area contributed by atoms with E-state index in [1.165, 1.54) is 6.07 Å². The van der Waals surface area contributed by atoms with Gasteiger partial charge < -0.3 is 10.6 Å². The second-order valence-electron chi connectivity index (χ2n) is 5.77. The largest absolute Gasteiger partial charge is 0.353 e. The van der Waals surface area contributed by atoms with E-state index < -0.39 is 23.1 Å². The van der Waals surface area contributed by atoms with Gasteiger partial charge in [0.15, 0.2) is 0 Å². The van der Waals surface area contributed by atoms with Crippen molar-refractivity contribution in [2.24, 2.45) is 0 Å². The van der Waals surface area contributed by atoms with Crippen LogP contribution in [0.5, 0.6) is 0 Å². The first-order valence-corrected chi connectivity index (χ1v) is 7.66. The van der Waals surface area contributed by atoms with Crippen molar-refractivity contribution in [3.8, 4) is 0 Å². The molecule has 0 aromatic heterocycles. The molecule has 0 heterocycles. The van der Waals surface area contributed by atoms with Crippen LogP contribution in [0.3, 0.4) is 0 Å². The van der Waals surface area contributed by atoms with E-state index in [0.29, 0.717) is 11.7 Å². The smallest absolute Gasteiger partial charge is 0.261 e. The number of nitrogens with one attached hydrogen (secondary N) is 2. The fourth-order valence-electron chi connectivity index (χ4n) is 2.31. The standard InChI is InChI=1S/C18H16F2N2O2/c19-14-2-1-3-15(20)17(14)18(24)22-13-6-4-11(5-7-13)10-16(23)21-12-8-9-12/h1-7,12H,8-10H2,(H,21,23)(H,22,24). The number of anilines is 1. The van der Waals surface area contributed by atoms with Crippen molar-refractivity contribution in [2.45, 2.75) is 25.3 Å². The summed E-state index contributed by atoms with van der Waals surface area (Å²) in [6.07, 6.45) is 2.32. The number of benzene rings is 2. The molecule has 1 saturated carbocycles. The van der Waals surface area contributed by atoms with E-state index in [9.17, 15) is 18.4 Å². The van der Waals surface area contributed by atoms with Gasteiger partial charge in [-0.15, -0.1) is 0 Å². The zero-order valence-corrected chi connectivity index (χ0v) is 12.8. The molecule has 1 fully saturated rings. The van der Waals surface area contributed by atoms with Crippen LogP contribution in [0.25, 0.3) is 0 Å². The van der Waals surface area contributed by atoms with Gasteiger partial charge in [-0.1, -0.05) is 18.2 Å². The van der Waals surface area contributed by atoms with Gasteiger partial charge in [-0.3, -0.25) is 9.59 Å². The fraction of sp³-hybridized carbons (Fsp3) is 0.222. The number of carbonyl (C=O) groups excluding carboxylic acids is 2. The van der Waals surface area contributed by atoms with Crippen molar-refractivity contribution in [1.29, 1.82) is 0 Å². The quantitative estimate of drug-likeness (QED) is 0.885. The Labute approximate surface area is 137 Å². The summed E-state index contributed by atoms with van der Waals surface area (Å²) in [5.74, 6) is -2.73. The van der Waals surface area contributed by atoms with Gasteiger partial charge in [-0.25, -0.2) is 8.78 Å². The van der Waals surface area contributed by atoms with E-state index in [2.05, 4.69) is 10.6 Å². The van der Waals surface area contributed by atoms with Gasteiger partial charge >= 0.3 is 0 Å². The molecule has 2 amide bonds. The average Bonchev–Trinajstić information content (AvgIpc) is 3.33. The van der Waals surface area contributed by atoms with Gasteiger partial charge in [0.2, 0.25) is 5.91 Å². The third-order valence-electron chi connectivity index (χ3n) is 3.71. The summed E-state index contributed by atoms with van der Waals surface area (Å²) in [4.78, 5) is 23.7. The highest BCUT2D eigenvalue weighted by molar-refractivity contribution is 6.04. The minimum atomic E-state index is -0.916. The maximum absolute atomic E-state index is 13.6. The van der Waals surface area contributed by atoms with Crippen LogP contribution in [-0.4, -0.2) is 17.9 Å². The van der Waals surface area contributed by atoms with Crippen molar-refractivity contribution < 1.29 is 18.4 Å². The predicted octanol–water partition coefficient (Wildman–Crippen LogP) is 3.04. The summed E-state index contributed by atoms with van der Waals surface area (Å²) in [6.45, 7) is 0. The van der Waals surface area contributed by atoms with Crippen LogP contribution in [-0.2, 0) is 11.2 Å². The van der Waals surface area contributed by atoms with Crippen LogP contribution in [0.1, 0.15) is 28.8 Å². The molecule has 0 aliphatic heterocycles. The van der Waals surface area contributed by atoms with Crippen molar-refractivity contribution in [1.82, 2.24) is 5.32 Å². The zero-order valence-electron chi connectivity index (χ0n) is 12.8. The molecule has 0 bridgehead atoms. The Morgan fingerprint density at radius 2 is 1.62 bits per heavy atom. The number of rotatable bonds is 5. The molecule has 6 heteroatoms. The molecule has 0 saturated heterocycles. The Bertz CT molecular complexity index is 751. The van der Waals surface area contributed by atoms with Gasteiger partial charge in [0.1, 0.15) is 17.2 Å². The first-order chi connectivity index (χ1) is 11.5. The van der Waals surface area contributed by atoms with Gasteiger partial charge in [0.25, 0.3) is 5.91 Å². The van der Waals surface area contributed by atoms with E-state index in [1.54, 1.807) is 24.3 Å². The maximum atomic E-state index is 13.6. The number of hydrogen-bond acceptors (Lipinski definition) is 2. The van der Waals surface area contributed by atoms with Crippen molar-refractivity contribution >= 4 is 17.5 Å². The summed E-state index contributed by atoms with van der Waals surface area (Å²) >= 11 is 0. The predicted molar refractivity (Wildman–Crippen MR) is 85.6 cm³/mol.